The Labute approximate surface area is 164 Å². The Bertz CT molecular complexity index is 841. The van der Waals surface area contributed by atoms with Gasteiger partial charge >= 0.3 is 0 Å². The quantitative estimate of drug-likeness (QED) is 0.853. The van der Waals surface area contributed by atoms with Gasteiger partial charge in [-0.2, -0.15) is 0 Å². The molecule has 2 amide bonds. The van der Waals surface area contributed by atoms with Crippen LogP contribution in [0.2, 0.25) is 0 Å². The van der Waals surface area contributed by atoms with Gasteiger partial charge in [-0.3, -0.25) is 9.59 Å². The maximum absolute atomic E-state index is 13.0. The molecule has 148 valence electrons. The summed E-state index contributed by atoms with van der Waals surface area (Å²) in [6.07, 6.45) is 3.57. The summed E-state index contributed by atoms with van der Waals surface area (Å²) in [6, 6.07) is 10.1. The highest BCUT2D eigenvalue weighted by molar-refractivity contribution is 5.97. The summed E-state index contributed by atoms with van der Waals surface area (Å²) in [5, 5.41) is 2.97. The van der Waals surface area contributed by atoms with E-state index in [-0.39, 0.29) is 11.8 Å². The Morgan fingerprint density at radius 2 is 1.86 bits per heavy atom. The number of carbonyl (C=O) groups is 2. The molecular weight excluding hydrogens is 356 g/mol. The number of amides is 2. The van der Waals surface area contributed by atoms with E-state index in [1.165, 1.54) is 5.56 Å². The molecule has 0 aliphatic carbocycles. The highest BCUT2D eigenvalue weighted by Crippen LogP contribution is 2.22. The lowest BCUT2D eigenvalue weighted by Gasteiger charge is -2.27. The summed E-state index contributed by atoms with van der Waals surface area (Å²) in [5.74, 6) is 0.0993. The van der Waals surface area contributed by atoms with Gasteiger partial charge in [-0.15, -0.1) is 0 Å². The third-order valence-corrected chi connectivity index (χ3v) is 5.36. The molecule has 0 saturated carbocycles. The summed E-state index contributed by atoms with van der Waals surface area (Å²) in [6.45, 7) is 3.52. The van der Waals surface area contributed by atoms with E-state index in [1.54, 1.807) is 4.90 Å². The summed E-state index contributed by atoms with van der Waals surface area (Å²) in [5.41, 5.74) is 2.47. The van der Waals surface area contributed by atoms with Crippen LogP contribution in [0.1, 0.15) is 45.2 Å². The molecule has 0 bridgehead atoms. The van der Waals surface area contributed by atoms with Crippen molar-refractivity contribution in [3.8, 4) is 0 Å². The fraction of sp³-hybridized carbons (Fsp3) is 0.476. The van der Waals surface area contributed by atoms with E-state index in [2.05, 4.69) is 10.3 Å². The van der Waals surface area contributed by atoms with E-state index in [4.69, 9.17) is 4.74 Å². The van der Waals surface area contributed by atoms with E-state index in [1.807, 2.05) is 34.9 Å². The lowest BCUT2D eigenvalue weighted by Crippen LogP contribution is -2.42. The zero-order chi connectivity index (χ0) is 19.3. The van der Waals surface area contributed by atoms with Gasteiger partial charge in [0.2, 0.25) is 0 Å². The molecule has 0 unspecified atom stereocenters. The smallest absolute Gasteiger partial charge is 0.290 e. The van der Waals surface area contributed by atoms with E-state index >= 15 is 0 Å². The third kappa shape index (κ3) is 3.94. The Hall–Kier alpha value is -2.67. The normalized spacial score (nSPS) is 16.5. The molecule has 0 radical (unpaired) electrons. The molecule has 7 heteroatoms. The van der Waals surface area contributed by atoms with E-state index in [0.29, 0.717) is 44.4 Å². The molecule has 2 aliphatic heterocycles. The number of morpholine rings is 1. The van der Waals surface area contributed by atoms with Crippen LogP contribution in [0.25, 0.3) is 0 Å². The van der Waals surface area contributed by atoms with Crippen LogP contribution in [0.3, 0.4) is 0 Å². The molecule has 4 rings (SSSR count). The Morgan fingerprint density at radius 3 is 2.64 bits per heavy atom. The second-order valence-corrected chi connectivity index (χ2v) is 7.24. The number of aromatic nitrogens is 2. The fourth-order valence-electron chi connectivity index (χ4n) is 3.84. The maximum atomic E-state index is 13.0. The van der Waals surface area contributed by atoms with Crippen LogP contribution < -0.4 is 5.32 Å². The van der Waals surface area contributed by atoms with Crippen LogP contribution in [0, 0.1) is 0 Å². The zero-order valence-electron chi connectivity index (χ0n) is 16.0. The molecule has 2 aromatic rings. The number of nitrogens with zero attached hydrogens (tertiary/aromatic N) is 3. The number of rotatable bonds is 5. The van der Waals surface area contributed by atoms with Crippen LogP contribution in [0.15, 0.2) is 30.3 Å². The van der Waals surface area contributed by atoms with Crippen LogP contribution >= 0.6 is 0 Å². The molecule has 2 aliphatic rings. The minimum Gasteiger partial charge on any atom is -0.378 e. The average Bonchev–Trinajstić information content (AvgIpc) is 3.14. The highest BCUT2D eigenvalue weighted by Gasteiger charge is 2.30. The maximum Gasteiger partial charge on any atom is 0.290 e. The van der Waals surface area contributed by atoms with Gasteiger partial charge in [-0.05, 0) is 31.2 Å². The number of nitrogens with one attached hydrogen (secondary N) is 1. The SMILES string of the molecule is O=C(NCCc1ccccc1)c1nc(C(=O)N2CCOCC2)n2c1CCCC2. The predicted octanol–water partition coefficient (Wildman–Crippen LogP) is 1.66. The van der Waals surface area contributed by atoms with Gasteiger partial charge in [0.25, 0.3) is 11.8 Å². The molecule has 1 fully saturated rings. The van der Waals surface area contributed by atoms with Crippen molar-refractivity contribution in [3.63, 3.8) is 0 Å². The van der Waals surface area contributed by atoms with Crippen molar-refractivity contribution in [1.29, 1.82) is 0 Å². The molecule has 1 saturated heterocycles. The number of hydrogen-bond donors (Lipinski definition) is 1. The van der Waals surface area contributed by atoms with Crippen molar-refractivity contribution >= 4 is 11.8 Å². The predicted molar refractivity (Wildman–Crippen MR) is 104 cm³/mol. The zero-order valence-corrected chi connectivity index (χ0v) is 16.0. The van der Waals surface area contributed by atoms with Gasteiger partial charge in [0, 0.05) is 26.2 Å². The summed E-state index contributed by atoms with van der Waals surface area (Å²) in [7, 11) is 0. The number of imidazole rings is 1. The lowest BCUT2D eigenvalue weighted by atomic mass is 10.1. The van der Waals surface area contributed by atoms with Crippen LogP contribution in [-0.2, 0) is 24.1 Å². The molecule has 0 spiro atoms. The monoisotopic (exact) mass is 382 g/mol. The molecule has 1 N–H and O–H groups in total. The van der Waals surface area contributed by atoms with E-state index < -0.39 is 0 Å². The standard InChI is InChI=1S/C21H26N4O3/c26-20(22-10-9-16-6-2-1-3-7-16)18-17-8-4-5-11-25(17)19(23-18)21(27)24-12-14-28-15-13-24/h1-3,6-7H,4-5,8-15H2,(H,22,26). The van der Waals surface area contributed by atoms with E-state index in [0.717, 1.165) is 37.9 Å². The topological polar surface area (TPSA) is 76.5 Å². The van der Waals surface area contributed by atoms with Crippen LogP contribution in [0.5, 0.6) is 0 Å². The summed E-state index contributed by atoms with van der Waals surface area (Å²) in [4.78, 5) is 32.0. The molecule has 28 heavy (non-hydrogen) atoms. The second-order valence-electron chi connectivity index (χ2n) is 7.24. The molecule has 1 aromatic carbocycles. The first kappa shape index (κ1) is 18.7. The average molecular weight is 382 g/mol. The van der Waals surface area contributed by atoms with Crippen molar-refractivity contribution in [2.75, 3.05) is 32.8 Å². The van der Waals surface area contributed by atoms with Crippen molar-refractivity contribution in [3.05, 3.63) is 53.1 Å². The van der Waals surface area contributed by atoms with Gasteiger partial charge in [-0.25, -0.2) is 4.98 Å². The van der Waals surface area contributed by atoms with Gasteiger partial charge < -0.3 is 19.5 Å². The number of ether oxygens (including phenoxy) is 1. The molecule has 3 heterocycles. The molecular formula is C21H26N4O3. The lowest BCUT2D eigenvalue weighted by molar-refractivity contribution is 0.0291. The Morgan fingerprint density at radius 1 is 1.07 bits per heavy atom. The minimum absolute atomic E-state index is 0.102. The number of carbonyl (C=O) groups excluding carboxylic acids is 2. The molecule has 0 atom stereocenters. The summed E-state index contributed by atoms with van der Waals surface area (Å²) >= 11 is 0. The van der Waals surface area contributed by atoms with Crippen molar-refractivity contribution < 1.29 is 14.3 Å². The summed E-state index contributed by atoms with van der Waals surface area (Å²) < 4.78 is 7.29. The van der Waals surface area contributed by atoms with Gasteiger partial charge in [0.15, 0.2) is 5.82 Å². The highest BCUT2D eigenvalue weighted by atomic mass is 16.5. The van der Waals surface area contributed by atoms with Crippen LogP contribution in [0.4, 0.5) is 0 Å². The first-order chi connectivity index (χ1) is 13.7. The fourth-order valence-corrected chi connectivity index (χ4v) is 3.84. The Balaban J connectivity index is 1.49. The van der Waals surface area contributed by atoms with E-state index in [9.17, 15) is 9.59 Å². The van der Waals surface area contributed by atoms with Gasteiger partial charge in [-0.1, -0.05) is 30.3 Å². The van der Waals surface area contributed by atoms with Gasteiger partial charge in [0.1, 0.15) is 5.69 Å². The number of benzene rings is 1. The third-order valence-electron chi connectivity index (χ3n) is 5.36. The minimum atomic E-state index is -0.192. The van der Waals surface area contributed by atoms with Crippen molar-refractivity contribution in [1.82, 2.24) is 19.8 Å². The second kappa shape index (κ2) is 8.56. The number of fused-ring (bicyclic) bond motifs is 1. The molecule has 7 nitrogen and oxygen atoms in total. The number of hydrogen-bond acceptors (Lipinski definition) is 4. The molecule has 1 aromatic heterocycles. The van der Waals surface area contributed by atoms with Crippen molar-refractivity contribution in [2.45, 2.75) is 32.2 Å². The first-order valence-electron chi connectivity index (χ1n) is 10.0. The first-order valence-corrected chi connectivity index (χ1v) is 10.0. The largest absolute Gasteiger partial charge is 0.378 e. The van der Waals surface area contributed by atoms with Crippen LogP contribution in [-0.4, -0.2) is 59.1 Å². The van der Waals surface area contributed by atoms with Crippen molar-refractivity contribution in [2.24, 2.45) is 0 Å². The van der Waals surface area contributed by atoms with Gasteiger partial charge in [0.05, 0.1) is 18.9 Å². The Kier molecular flexibility index (Phi) is 5.71.